The topological polar surface area (TPSA) is 48.4 Å². The first-order chi connectivity index (χ1) is 8.70. The van der Waals surface area contributed by atoms with Crippen molar-refractivity contribution in [3.8, 4) is 5.88 Å². The third kappa shape index (κ3) is 2.90. The van der Waals surface area contributed by atoms with Gasteiger partial charge in [0.25, 0.3) is 0 Å². The van der Waals surface area contributed by atoms with Gasteiger partial charge in [0.1, 0.15) is 5.15 Å². The van der Waals surface area contributed by atoms with Crippen LogP contribution in [0.3, 0.4) is 0 Å². The zero-order valence-corrected chi connectivity index (χ0v) is 10.6. The summed E-state index contributed by atoms with van der Waals surface area (Å²) in [6, 6.07) is 9.29. The van der Waals surface area contributed by atoms with E-state index in [2.05, 4.69) is 4.98 Å². The lowest BCUT2D eigenvalue weighted by Gasteiger charge is -2.07. The predicted octanol–water partition coefficient (Wildman–Crippen LogP) is 2.83. The predicted molar refractivity (Wildman–Crippen MR) is 68.9 cm³/mol. The number of aromatic nitrogens is 1. The maximum absolute atomic E-state index is 11.2. The Morgan fingerprint density at radius 3 is 2.94 bits per heavy atom. The van der Waals surface area contributed by atoms with Gasteiger partial charge in [-0.2, -0.15) is 0 Å². The molecule has 2 aromatic rings. The lowest BCUT2D eigenvalue weighted by Crippen LogP contribution is -2.15. The monoisotopic (exact) mass is 265 g/mol. The fourth-order valence-electron chi connectivity index (χ4n) is 1.54. The largest absolute Gasteiger partial charge is 0.466 e. The molecule has 0 radical (unpaired) electrons. The van der Waals surface area contributed by atoms with Gasteiger partial charge in [-0.1, -0.05) is 35.9 Å². The van der Waals surface area contributed by atoms with Crippen LogP contribution in [0, 0.1) is 0 Å². The molecule has 0 unspecified atom stereocenters. The fraction of sp³-hybridized carbons (Fsp3) is 0.231. The second kappa shape index (κ2) is 5.69. The minimum atomic E-state index is -0.427. The van der Waals surface area contributed by atoms with E-state index in [1.54, 1.807) is 13.0 Å². The van der Waals surface area contributed by atoms with E-state index in [0.717, 1.165) is 10.8 Å². The Kier molecular flexibility index (Phi) is 3.99. The molecular formula is C13H12ClNO3. The maximum atomic E-state index is 11.2. The van der Waals surface area contributed by atoms with Gasteiger partial charge in [0.15, 0.2) is 6.61 Å². The molecule has 0 fully saturated rings. The van der Waals surface area contributed by atoms with Gasteiger partial charge in [-0.05, 0) is 12.3 Å². The lowest BCUT2D eigenvalue weighted by atomic mass is 10.2. The number of fused-ring (bicyclic) bond motifs is 1. The summed E-state index contributed by atoms with van der Waals surface area (Å²) < 4.78 is 10.00. The van der Waals surface area contributed by atoms with E-state index in [0.29, 0.717) is 17.6 Å². The standard InChI is InChI=1S/C13H12ClNO3/c1-2-17-12(16)8-18-11-7-9-5-3-4-6-10(9)13(14)15-11/h3-7H,2,8H2,1H3. The van der Waals surface area contributed by atoms with E-state index in [9.17, 15) is 4.79 Å². The van der Waals surface area contributed by atoms with Gasteiger partial charge in [-0.25, -0.2) is 9.78 Å². The van der Waals surface area contributed by atoms with Crippen molar-refractivity contribution in [3.05, 3.63) is 35.5 Å². The molecule has 4 nitrogen and oxygen atoms in total. The normalized spacial score (nSPS) is 10.3. The zero-order valence-electron chi connectivity index (χ0n) is 9.85. The molecule has 0 spiro atoms. The molecule has 0 aliphatic heterocycles. The number of rotatable bonds is 4. The molecule has 1 aromatic heterocycles. The third-order valence-electron chi connectivity index (χ3n) is 2.31. The highest BCUT2D eigenvalue weighted by atomic mass is 35.5. The summed E-state index contributed by atoms with van der Waals surface area (Å²) in [7, 11) is 0. The van der Waals surface area contributed by atoms with Crippen molar-refractivity contribution in [1.29, 1.82) is 0 Å². The van der Waals surface area contributed by atoms with Gasteiger partial charge in [0, 0.05) is 11.5 Å². The molecule has 18 heavy (non-hydrogen) atoms. The van der Waals surface area contributed by atoms with Gasteiger partial charge >= 0.3 is 5.97 Å². The highest BCUT2D eigenvalue weighted by Gasteiger charge is 2.07. The smallest absolute Gasteiger partial charge is 0.344 e. The van der Waals surface area contributed by atoms with Crippen molar-refractivity contribution >= 4 is 28.3 Å². The van der Waals surface area contributed by atoms with E-state index in [1.807, 2.05) is 24.3 Å². The number of carbonyl (C=O) groups excluding carboxylic acids is 1. The Bertz CT molecular complexity index is 571. The van der Waals surface area contributed by atoms with Gasteiger partial charge in [0.05, 0.1) is 6.61 Å². The number of carbonyl (C=O) groups is 1. The number of hydrogen-bond donors (Lipinski definition) is 0. The van der Waals surface area contributed by atoms with E-state index < -0.39 is 5.97 Å². The van der Waals surface area contributed by atoms with Crippen LogP contribution in [0.1, 0.15) is 6.92 Å². The van der Waals surface area contributed by atoms with Crippen molar-refractivity contribution in [1.82, 2.24) is 4.98 Å². The molecule has 94 valence electrons. The molecule has 0 saturated carbocycles. The van der Waals surface area contributed by atoms with Crippen LogP contribution in [0.4, 0.5) is 0 Å². The summed E-state index contributed by atoms with van der Waals surface area (Å²) >= 11 is 6.03. The molecular weight excluding hydrogens is 254 g/mol. The SMILES string of the molecule is CCOC(=O)COc1cc2ccccc2c(Cl)n1. The van der Waals surface area contributed by atoms with Gasteiger partial charge in [0.2, 0.25) is 5.88 Å². The number of benzene rings is 1. The molecule has 0 atom stereocenters. The van der Waals surface area contributed by atoms with E-state index in [4.69, 9.17) is 21.1 Å². The minimum Gasteiger partial charge on any atom is -0.466 e. The Labute approximate surface area is 109 Å². The van der Waals surface area contributed by atoms with Crippen LogP contribution >= 0.6 is 11.6 Å². The molecule has 1 heterocycles. The van der Waals surface area contributed by atoms with E-state index >= 15 is 0 Å². The molecule has 0 N–H and O–H groups in total. The first-order valence-electron chi connectivity index (χ1n) is 5.54. The number of hydrogen-bond acceptors (Lipinski definition) is 4. The number of esters is 1. The average molecular weight is 266 g/mol. The molecule has 0 saturated heterocycles. The van der Waals surface area contributed by atoms with Crippen LogP contribution in [-0.2, 0) is 9.53 Å². The van der Waals surface area contributed by atoms with Crippen molar-refractivity contribution in [3.63, 3.8) is 0 Å². The molecule has 0 bridgehead atoms. The second-order valence-corrected chi connectivity index (χ2v) is 3.92. The van der Waals surface area contributed by atoms with Crippen molar-refractivity contribution < 1.29 is 14.3 Å². The van der Waals surface area contributed by atoms with E-state index in [1.165, 1.54) is 0 Å². The highest BCUT2D eigenvalue weighted by Crippen LogP contribution is 2.25. The first kappa shape index (κ1) is 12.6. The molecule has 0 aliphatic carbocycles. The van der Waals surface area contributed by atoms with Crippen molar-refractivity contribution in [2.24, 2.45) is 0 Å². The Balaban J connectivity index is 2.17. The van der Waals surface area contributed by atoms with Crippen molar-refractivity contribution in [2.75, 3.05) is 13.2 Å². The minimum absolute atomic E-state index is 0.171. The van der Waals surface area contributed by atoms with Crippen LogP contribution < -0.4 is 4.74 Å². The molecule has 0 aliphatic rings. The zero-order chi connectivity index (χ0) is 13.0. The van der Waals surface area contributed by atoms with Crippen LogP contribution in [0.2, 0.25) is 5.15 Å². The number of ether oxygens (including phenoxy) is 2. The molecule has 1 aromatic carbocycles. The lowest BCUT2D eigenvalue weighted by molar-refractivity contribution is -0.145. The molecule has 5 heteroatoms. The number of halogens is 1. The fourth-order valence-corrected chi connectivity index (χ4v) is 1.80. The summed E-state index contributed by atoms with van der Waals surface area (Å²) in [6.07, 6.45) is 0. The summed E-state index contributed by atoms with van der Waals surface area (Å²) in [5.74, 6) is -0.115. The van der Waals surface area contributed by atoms with Gasteiger partial charge in [-0.3, -0.25) is 0 Å². The highest BCUT2D eigenvalue weighted by molar-refractivity contribution is 6.34. The Morgan fingerprint density at radius 1 is 1.39 bits per heavy atom. The number of nitrogens with zero attached hydrogens (tertiary/aromatic N) is 1. The van der Waals surface area contributed by atoms with E-state index in [-0.39, 0.29) is 6.61 Å². The molecule has 0 amide bonds. The average Bonchev–Trinajstić information content (AvgIpc) is 2.37. The van der Waals surface area contributed by atoms with Gasteiger partial charge < -0.3 is 9.47 Å². The first-order valence-corrected chi connectivity index (χ1v) is 5.92. The quantitative estimate of drug-likeness (QED) is 0.630. The Hall–Kier alpha value is -1.81. The summed E-state index contributed by atoms with van der Waals surface area (Å²) in [6.45, 7) is 1.90. The number of pyridine rings is 1. The second-order valence-electron chi connectivity index (χ2n) is 3.57. The van der Waals surface area contributed by atoms with Gasteiger partial charge in [-0.15, -0.1) is 0 Å². The summed E-state index contributed by atoms with van der Waals surface area (Å²) in [5.41, 5.74) is 0. The molecule has 2 rings (SSSR count). The van der Waals surface area contributed by atoms with Crippen LogP contribution in [0.25, 0.3) is 10.8 Å². The van der Waals surface area contributed by atoms with Crippen molar-refractivity contribution in [2.45, 2.75) is 6.92 Å². The third-order valence-corrected chi connectivity index (χ3v) is 2.60. The summed E-state index contributed by atoms with van der Waals surface area (Å²) in [5, 5.41) is 2.12. The van der Waals surface area contributed by atoms with Crippen LogP contribution in [0.5, 0.6) is 5.88 Å². The maximum Gasteiger partial charge on any atom is 0.344 e. The Morgan fingerprint density at radius 2 is 2.17 bits per heavy atom. The van der Waals surface area contributed by atoms with Crippen LogP contribution in [-0.4, -0.2) is 24.2 Å². The summed E-state index contributed by atoms with van der Waals surface area (Å²) in [4.78, 5) is 15.2. The van der Waals surface area contributed by atoms with Crippen LogP contribution in [0.15, 0.2) is 30.3 Å².